The summed E-state index contributed by atoms with van der Waals surface area (Å²) in [4.78, 5) is 14.5. The highest BCUT2D eigenvalue weighted by Crippen LogP contribution is 1.97. The highest BCUT2D eigenvalue weighted by atomic mass is 16.5. The number of carbonyl (C=O) groups is 1. The number of ether oxygens (including phenoxy) is 1. The Hall–Kier alpha value is -1.23. The van der Waals surface area contributed by atoms with Gasteiger partial charge in [-0.3, -0.25) is 0 Å². The molecular formula is C10H20N2O3. The zero-order valence-electron chi connectivity index (χ0n) is 9.80. The van der Waals surface area contributed by atoms with Crippen LogP contribution in [0.2, 0.25) is 0 Å². The van der Waals surface area contributed by atoms with E-state index in [9.17, 15) is 4.79 Å². The molecule has 5 nitrogen and oxygen atoms in total. The predicted octanol–water partition coefficient (Wildman–Crippen LogP) is 0.223. The van der Waals surface area contributed by atoms with Crippen molar-refractivity contribution in [2.24, 2.45) is 0 Å². The van der Waals surface area contributed by atoms with Gasteiger partial charge in [0.15, 0.2) is 0 Å². The molecular weight excluding hydrogens is 196 g/mol. The fraction of sp³-hybridized carbons (Fsp3) is 0.700. The number of aliphatic hydroxyl groups is 1. The van der Waals surface area contributed by atoms with Gasteiger partial charge in [0.2, 0.25) is 0 Å². The quantitative estimate of drug-likeness (QED) is 0.669. The van der Waals surface area contributed by atoms with Gasteiger partial charge >= 0.3 is 5.97 Å². The average molecular weight is 216 g/mol. The van der Waals surface area contributed by atoms with Crippen LogP contribution in [-0.2, 0) is 9.53 Å². The first kappa shape index (κ1) is 13.8. The molecule has 0 aromatic carbocycles. The van der Waals surface area contributed by atoms with Crippen molar-refractivity contribution in [1.82, 2.24) is 9.80 Å². The predicted molar refractivity (Wildman–Crippen MR) is 57.8 cm³/mol. The summed E-state index contributed by atoms with van der Waals surface area (Å²) < 4.78 is 4.41. The highest BCUT2D eigenvalue weighted by Gasteiger charge is 2.07. The molecule has 0 saturated heterocycles. The Morgan fingerprint density at radius 1 is 1.47 bits per heavy atom. The van der Waals surface area contributed by atoms with Crippen molar-refractivity contribution >= 4 is 5.97 Å². The van der Waals surface area contributed by atoms with E-state index in [1.807, 2.05) is 0 Å². The molecule has 1 N–H and O–H groups in total. The van der Waals surface area contributed by atoms with Crippen molar-refractivity contribution in [2.75, 3.05) is 27.4 Å². The van der Waals surface area contributed by atoms with E-state index in [1.54, 1.807) is 6.92 Å². The highest BCUT2D eigenvalue weighted by molar-refractivity contribution is 5.73. The van der Waals surface area contributed by atoms with E-state index in [0.717, 1.165) is 6.67 Å². The van der Waals surface area contributed by atoms with Crippen molar-refractivity contribution in [1.29, 1.82) is 0 Å². The molecule has 1 aliphatic rings. The van der Waals surface area contributed by atoms with Crippen molar-refractivity contribution in [2.45, 2.75) is 20.0 Å². The zero-order chi connectivity index (χ0) is 11.8. The number of aliphatic hydroxyl groups excluding tert-OH is 1. The maximum absolute atomic E-state index is 10.3. The van der Waals surface area contributed by atoms with E-state index in [1.165, 1.54) is 6.92 Å². The lowest BCUT2D eigenvalue weighted by Crippen LogP contribution is -2.18. The number of rotatable bonds is 2. The molecule has 0 aromatic rings. The third-order valence-electron chi connectivity index (χ3n) is 1.65. The van der Waals surface area contributed by atoms with Crippen LogP contribution in [0, 0.1) is 0 Å². The standard InChI is InChI=1S/C5H10N2.C5H10O3/c1-6-3-4-7(2)5-6;1-3-8-5(7)4(2)6/h3-4H,5H2,1-2H3;4,6H,3H2,1-2H3. The zero-order valence-corrected chi connectivity index (χ0v) is 9.80. The van der Waals surface area contributed by atoms with Crippen LogP contribution in [0.5, 0.6) is 0 Å². The van der Waals surface area contributed by atoms with Crippen LogP contribution in [-0.4, -0.2) is 54.4 Å². The van der Waals surface area contributed by atoms with E-state index in [-0.39, 0.29) is 0 Å². The largest absolute Gasteiger partial charge is 0.464 e. The number of hydrogen-bond acceptors (Lipinski definition) is 5. The van der Waals surface area contributed by atoms with Crippen molar-refractivity contribution in [3.05, 3.63) is 12.4 Å². The maximum Gasteiger partial charge on any atom is 0.334 e. The lowest BCUT2D eigenvalue weighted by atomic mass is 10.4. The molecule has 1 rings (SSSR count). The molecule has 88 valence electrons. The topological polar surface area (TPSA) is 53.0 Å². The average Bonchev–Trinajstić information content (AvgIpc) is 2.51. The van der Waals surface area contributed by atoms with Gasteiger partial charge in [-0.1, -0.05) is 0 Å². The van der Waals surface area contributed by atoms with Crippen LogP contribution in [0.1, 0.15) is 13.8 Å². The van der Waals surface area contributed by atoms with Crippen LogP contribution in [0.4, 0.5) is 0 Å². The van der Waals surface area contributed by atoms with Crippen LogP contribution in [0.25, 0.3) is 0 Å². The molecule has 5 heteroatoms. The molecule has 0 saturated carbocycles. The van der Waals surface area contributed by atoms with Crippen molar-refractivity contribution in [3.63, 3.8) is 0 Å². The van der Waals surface area contributed by atoms with Crippen LogP contribution in [0.15, 0.2) is 12.4 Å². The van der Waals surface area contributed by atoms with E-state index in [2.05, 4.69) is 41.0 Å². The van der Waals surface area contributed by atoms with Gasteiger partial charge in [0, 0.05) is 26.5 Å². The third-order valence-corrected chi connectivity index (χ3v) is 1.65. The Kier molecular flexibility index (Phi) is 6.53. The van der Waals surface area contributed by atoms with Crippen molar-refractivity contribution in [3.8, 4) is 0 Å². The molecule has 1 aliphatic heterocycles. The van der Waals surface area contributed by atoms with Crippen LogP contribution < -0.4 is 0 Å². The summed E-state index contributed by atoms with van der Waals surface area (Å²) in [5.74, 6) is -0.562. The fourth-order valence-corrected chi connectivity index (χ4v) is 0.937. The first-order chi connectivity index (χ1) is 6.97. The first-order valence-electron chi connectivity index (χ1n) is 4.90. The molecule has 15 heavy (non-hydrogen) atoms. The minimum Gasteiger partial charge on any atom is -0.464 e. The second kappa shape index (κ2) is 7.11. The smallest absolute Gasteiger partial charge is 0.334 e. The Morgan fingerprint density at radius 2 is 1.93 bits per heavy atom. The lowest BCUT2D eigenvalue weighted by Gasteiger charge is -2.10. The first-order valence-corrected chi connectivity index (χ1v) is 4.90. The van der Waals surface area contributed by atoms with E-state index in [4.69, 9.17) is 5.11 Å². The number of nitrogens with zero attached hydrogens (tertiary/aromatic N) is 2. The molecule has 0 aliphatic carbocycles. The Morgan fingerprint density at radius 3 is 2.07 bits per heavy atom. The molecule has 0 bridgehead atoms. The Labute approximate surface area is 90.9 Å². The summed E-state index contributed by atoms with van der Waals surface area (Å²) in [5.41, 5.74) is 0. The fourth-order valence-electron chi connectivity index (χ4n) is 0.937. The molecule has 0 aromatic heterocycles. The summed E-state index contributed by atoms with van der Waals surface area (Å²) in [5, 5.41) is 8.48. The molecule has 0 radical (unpaired) electrons. The second-order valence-electron chi connectivity index (χ2n) is 3.38. The van der Waals surface area contributed by atoms with Gasteiger partial charge in [-0.25, -0.2) is 4.79 Å². The summed E-state index contributed by atoms with van der Waals surface area (Å²) in [6.45, 7) is 4.42. The SMILES string of the molecule is CCOC(=O)C(C)O.CN1C=CN(C)C1. The molecule has 1 atom stereocenters. The van der Waals surface area contributed by atoms with Gasteiger partial charge < -0.3 is 19.6 Å². The number of esters is 1. The van der Waals surface area contributed by atoms with Crippen molar-refractivity contribution < 1.29 is 14.6 Å². The van der Waals surface area contributed by atoms with Gasteiger partial charge in [-0.05, 0) is 13.8 Å². The summed E-state index contributed by atoms with van der Waals surface area (Å²) in [7, 11) is 4.11. The van der Waals surface area contributed by atoms with Crippen LogP contribution >= 0.6 is 0 Å². The Balaban J connectivity index is 0.000000262. The second-order valence-corrected chi connectivity index (χ2v) is 3.38. The third kappa shape index (κ3) is 6.79. The summed E-state index contributed by atoms with van der Waals surface area (Å²) in [6.07, 6.45) is 3.12. The van der Waals surface area contributed by atoms with Gasteiger partial charge in [-0.2, -0.15) is 0 Å². The summed E-state index contributed by atoms with van der Waals surface area (Å²) >= 11 is 0. The lowest BCUT2D eigenvalue weighted by molar-refractivity contribution is -0.151. The molecule has 1 heterocycles. The number of hydrogen-bond donors (Lipinski definition) is 1. The van der Waals surface area contributed by atoms with Gasteiger partial charge in [0.25, 0.3) is 0 Å². The minimum absolute atomic E-state index is 0.323. The van der Waals surface area contributed by atoms with E-state index >= 15 is 0 Å². The van der Waals surface area contributed by atoms with Gasteiger partial charge in [0.1, 0.15) is 6.10 Å². The van der Waals surface area contributed by atoms with Gasteiger partial charge in [0.05, 0.1) is 13.3 Å². The summed E-state index contributed by atoms with van der Waals surface area (Å²) in [6, 6.07) is 0. The van der Waals surface area contributed by atoms with Crippen LogP contribution in [0.3, 0.4) is 0 Å². The van der Waals surface area contributed by atoms with E-state index < -0.39 is 12.1 Å². The molecule has 0 amide bonds. The number of carbonyl (C=O) groups excluding carboxylic acids is 1. The monoisotopic (exact) mass is 216 g/mol. The van der Waals surface area contributed by atoms with E-state index in [0.29, 0.717) is 6.61 Å². The maximum atomic E-state index is 10.3. The molecule has 0 spiro atoms. The normalized spacial score (nSPS) is 15.8. The molecule has 0 fully saturated rings. The Bertz CT molecular complexity index is 207. The molecule has 1 unspecified atom stereocenters. The minimum atomic E-state index is -0.991. The van der Waals surface area contributed by atoms with Gasteiger partial charge in [-0.15, -0.1) is 0 Å².